The van der Waals surface area contributed by atoms with Crippen molar-refractivity contribution < 1.29 is 31.9 Å². The topological polar surface area (TPSA) is 46.6 Å². The van der Waals surface area contributed by atoms with E-state index >= 15 is 0 Å². The number of ether oxygens (including phenoxy) is 1. The van der Waals surface area contributed by atoms with Crippen LogP contribution in [0.15, 0.2) is 6.07 Å². The second-order valence-electron chi connectivity index (χ2n) is 4.51. The summed E-state index contributed by atoms with van der Waals surface area (Å²) in [7, 11) is 0. The molecule has 1 aliphatic rings. The number of Topliss-reactive ketones (excluding diaryl/α,β-unsaturated/α-hetero) is 1. The molecule has 0 bridgehead atoms. The van der Waals surface area contributed by atoms with Crippen molar-refractivity contribution in [3.8, 4) is 5.75 Å². The van der Waals surface area contributed by atoms with Crippen LogP contribution in [0.4, 0.5) is 17.6 Å². The molecular formula is C13H11F4NO3. The Hall–Kier alpha value is -2.12. The largest absolute Gasteiger partial charge is 0.477 e. The van der Waals surface area contributed by atoms with Crippen LogP contribution in [0.5, 0.6) is 5.75 Å². The highest BCUT2D eigenvalue weighted by molar-refractivity contribution is 5.83. The van der Waals surface area contributed by atoms with Gasteiger partial charge in [-0.1, -0.05) is 0 Å². The zero-order chi connectivity index (χ0) is 15.6. The molecule has 0 spiro atoms. The van der Waals surface area contributed by atoms with Crippen LogP contribution in [0.2, 0.25) is 0 Å². The molecule has 4 nitrogen and oxygen atoms in total. The monoisotopic (exact) mass is 305 g/mol. The van der Waals surface area contributed by atoms with Gasteiger partial charge in [0.2, 0.25) is 11.6 Å². The summed E-state index contributed by atoms with van der Waals surface area (Å²) in [6.45, 7) is -0.405. The molecule has 1 fully saturated rings. The molecular weight excluding hydrogens is 294 g/mol. The van der Waals surface area contributed by atoms with Crippen molar-refractivity contribution in [3.05, 3.63) is 29.3 Å². The smallest absolute Gasteiger partial charge is 0.260 e. The summed E-state index contributed by atoms with van der Waals surface area (Å²) in [6.07, 6.45) is 0.395. The van der Waals surface area contributed by atoms with E-state index in [4.69, 9.17) is 0 Å². The molecule has 0 N–H and O–H groups in total. The third-order valence-electron chi connectivity index (χ3n) is 3.09. The highest BCUT2D eigenvalue weighted by Gasteiger charge is 2.24. The predicted molar refractivity (Wildman–Crippen MR) is 62.6 cm³/mol. The fourth-order valence-electron chi connectivity index (χ4n) is 1.91. The molecule has 1 aliphatic heterocycles. The van der Waals surface area contributed by atoms with Crippen LogP contribution in [-0.4, -0.2) is 36.3 Å². The summed E-state index contributed by atoms with van der Waals surface area (Å²) in [6, 6.07) is 0.0512. The number of carbonyl (C=O) groups is 2. The number of rotatable bonds is 3. The van der Waals surface area contributed by atoms with Crippen molar-refractivity contribution in [2.24, 2.45) is 0 Å². The first-order valence-electron chi connectivity index (χ1n) is 6.15. The van der Waals surface area contributed by atoms with E-state index in [2.05, 4.69) is 4.74 Å². The number of piperidine rings is 1. The first-order valence-corrected chi connectivity index (χ1v) is 6.15. The van der Waals surface area contributed by atoms with Gasteiger partial charge in [-0.15, -0.1) is 0 Å². The lowest BCUT2D eigenvalue weighted by Gasteiger charge is -2.26. The summed E-state index contributed by atoms with van der Waals surface area (Å²) in [5.41, 5.74) is 0. The molecule has 1 aromatic rings. The van der Waals surface area contributed by atoms with E-state index in [-0.39, 0.29) is 37.8 Å². The SMILES string of the molecule is O=C1CCN(C(=O)COc2c(F)c(F)cc(F)c2F)CC1. The van der Waals surface area contributed by atoms with E-state index in [9.17, 15) is 27.2 Å². The highest BCUT2D eigenvalue weighted by Crippen LogP contribution is 2.26. The fraction of sp³-hybridized carbons (Fsp3) is 0.385. The Morgan fingerprint density at radius 2 is 1.62 bits per heavy atom. The van der Waals surface area contributed by atoms with E-state index in [1.165, 1.54) is 4.90 Å². The molecule has 0 aromatic heterocycles. The molecule has 0 radical (unpaired) electrons. The van der Waals surface area contributed by atoms with Crippen LogP contribution < -0.4 is 4.74 Å². The number of hydrogen-bond acceptors (Lipinski definition) is 3. The van der Waals surface area contributed by atoms with Crippen molar-refractivity contribution in [3.63, 3.8) is 0 Å². The number of halogens is 4. The molecule has 1 amide bonds. The minimum atomic E-state index is -1.70. The Bertz CT molecular complexity index is 555. The zero-order valence-corrected chi connectivity index (χ0v) is 10.8. The minimum Gasteiger partial charge on any atom is -0.477 e. The number of ketones is 1. The molecule has 0 unspecified atom stereocenters. The number of hydrogen-bond donors (Lipinski definition) is 0. The van der Waals surface area contributed by atoms with E-state index in [0.717, 1.165) is 0 Å². The van der Waals surface area contributed by atoms with Gasteiger partial charge in [0.1, 0.15) is 5.78 Å². The standard InChI is InChI=1S/C13H11F4NO3/c14-8-5-9(15)12(17)13(11(8)16)21-6-10(20)18-3-1-7(19)2-4-18/h5H,1-4,6H2. The van der Waals surface area contributed by atoms with Gasteiger partial charge in [0.05, 0.1) is 0 Å². The summed E-state index contributed by atoms with van der Waals surface area (Å²) < 4.78 is 57.1. The predicted octanol–water partition coefficient (Wildman–Crippen LogP) is 1.81. The Morgan fingerprint density at radius 3 is 2.14 bits per heavy atom. The normalized spacial score (nSPS) is 15.2. The van der Waals surface area contributed by atoms with Gasteiger partial charge in [-0.05, 0) is 0 Å². The van der Waals surface area contributed by atoms with E-state index in [0.29, 0.717) is 0 Å². The molecule has 8 heteroatoms. The minimum absolute atomic E-state index is 0.0178. The number of nitrogens with zero attached hydrogens (tertiary/aromatic N) is 1. The highest BCUT2D eigenvalue weighted by atomic mass is 19.2. The Balaban J connectivity index is 2.03. The third kappa shape index (κ3) is 3.32. The molecule has 21 heavy (non-hydrogen) atoms. The molecule has 2 rings (SSSR count). The maximum Gasteiger partial charge on any atom is 0.260 e. The van der Waals surface area contributed by atoms with Crippen LogP contribution in [0.1, 0.15) is 12.8 Å². The van der Waals surface area contributed by atoms with Gasteiger partial charge >= 0.3 is 0 Å². The third-order valence-corrected chi connectivity index (χ3v) is 3.09. The van der Waals surface area contributed by atoms with E-state index < -0.39 is 41.5 Å². The zero-order valence-electron chi connectivity index (χ0n) is 10.8. The van der Waals surface area contributed by atoms with Gasteiger partial charge in [0.15, 0.2) is 24.0 Å². The summed E-state index contributed by atoms with van der Waals surface area (Å²) in [5, 5.41) is 0. The maximum atomic E-state index is 13.3. The number of benzene rings is 1. The number of amides is 1. The molecule has 1 heterocycles. The summed E-state index contributed by atoms with van der Waals surface area (Å²) in [4.78, 5) is 24.0. The van der Waals surface area contributed by atoms with Gasteiger partial charge in [-0.3, -0.25) is 9.59 Å². The molecule has 1 aromatic carbocycles. The van der Waals surface area contributed by atoms with Crippen LogP contribution >= 0.6 is 0 Å². The number of carbonyl (C=O) groups excluding carboxylic acids is 2. The molecule has 114 valence electrons. The Labute approximate surface area is 117 Å². The van der Waals surface area contributed by atoms with Crippen LogP contribution in [0, 0.1) is 23.3 Å². The first kappa shape index (κ1) is 15.3. The summed E-state index contributed by atoms with van der Waals surface area (Å²) >= 11 is 0. The quantitative estimate of drug-likeness (QED) is 0.632. The average molecular weight is 305 g/mol. The number of likely N-dealkylation sites (tertiary alicyclic amines) is 1. The van der Waals surface area contributed by atoms with Gasteiger partial charge in [-0.25, -0.2) is 8.78 Å². The van der Waals surface area contributed by atoms with E-state index in [1.807, 2.05) is 0 Å². The second kappa shape index (κ2) is 6.11. The lowest BCUT2D eigenvalue weighted by Crippen LogP contribution is -2.41. The maximum absolute atomic E-state index is 13.3. The first-order chi connectivity index (χ1) is 9.90. The van der Waals surface area contributed by atoms with Gasteiger partial charge in [0.25, 0.3) is 5.91 Å². The van der Waals surface area contributed by atoms with Crippen molar-refractivity contribution in [1.82, 2.24) is 4.90 Å². The van der Waals surface area contributed by atoms with E-state index in [1.54, 1.807) is 0 Å². The van der Waals surface area contributed by atoms with Gasteiger partial charge in [-0.2, -0.15) is 8.78 Å². The molecule has 1 saturated heterocycles. The van der Waals surface area contributed by atoms with Gasteiger partial charge in [0, 0.05) is 32.0 Å². The van der Waals surface area contributed by atoms with Crippen LogP contribution in [0.25, 0.3) is 0 Å². The molecule has 0 atom stereocenters. The molecule has 0 aliphatic carbocycles. The second-order valence-corrected chi connectivity index (χ2v) is 4.51. The van der Waals surface area contributed by atoms with Crippen LogP contribution in [0.3, 0.4) is 0 Å². The van der Waals surface area contributed by atoms with Crippen molar-refractivity contribution in [2.45, 2.75) is 12.8 Å². The molecule has 0 saturated carbocycles. The average Bonchev–Trinajstić information content (AvgIpc) is 2.45. The lowest BCUT2D eigenvalue weighted by molar-refractivity contribution is -0.136. The fourth-order valence-corrected chi connectivity index (χ4v) is 1.91. The summed E-state index contributed by atoms with van der Waals surface area (Å²) in [5.74, 6) is -8.49. The van der Waals surface area contributed by atoms with Crippen molar-refractivity contribution in [1.29, 1.82) is 0 Å². The Kier molecular flexibility index (Phi) is 4.44. The van der Waals surface area contributed by atoms with Crippen molar-refractivity contribution in [2.75, 3.05) is 19.7 Å². The van der Waals surface area contributed by atoms with Crippen LogP contribution in [-0.2, 0) is 9.59 Å². The van der Waals surface area contributed by atoms with Crippen molar-refractivity contribution >= 4 is 11.7 Å². The lowest BCUT2D eigenvalue weighted by atomic mass is 10.1. The van der Waals surface area contributed by atoms with Gasteiger partial charge < -0.3 is 9.64 Å². The Morgan fingerprint density at radius 1 is 1.10 bits per heavy atom.